The Bertz CT molecular complexity index is 499. The van der Waals surface area contributed by atoms with Gasteiger partial charge in [0.15, 0.2) is 0 Å². The van der Waals surface area contributed by atoms with Gasteiger partial charge in [-0.15, -0.1) is 0 Å². The van der Waals surface area contributed by atoms with Gasteiger partial charge < -0.3 is 10.4 Å². The number of amides is 1. The molecule has 116 valence electrons. The first-order valence-electron chi connectivity index (χ1n) is 7.36. The van der Waals surface area contributed by atoms with Crippen LogP contribution in [0.5, 0.6) is 0 Å². The molecule has 0 unspecified atom stereocenters. The third kappa shape index (κ3) is 4.60. The smallest absolute Gasteiger partial charge is 0.224 e. The Morgan fingerprint density at radius 2 is 1.95 bits per heavy atom. The van der Waals surface area contributed by atoms with Gasteiger partial charge in [0.2, 0.25) is 5.91 Å². The van der Waals surface area contributed by atoms with E-state index in [4.69, 9.17) is 23.2 Å². The van der Waals surface area contributed by atoms with Crippen molar-refractivity contribution in [3.8, 4) is 0 Å². The molecule has 1 fully saturated rings. The van der Waals surface area contributed by atoms with E-state index in [1.54, 1.807) is 18.2 Å². The molecular weight excluding hydrogens is 309 g/mol. The standard InChI is InChI=1S/C16H21Cl2NO2/c17-13-5-4-12(14(18)9-13)8-15(21)19-10-16(11-20)6-2-1-3-7-16/h4-5,9,20H,1-3,6-8,10-11H2,(H,19,21). The number of aliphatic hydroxyl groups is 1. The molecule has 0 atom stereocenters. The highest BCUT2D eigenvalue weighted by atomic mass is 35.5. The quantitative estimate of drug-likeness (QED) is 0.867. The summed E-state index contributed by atoms with van der Waals surface area (Å²) in [6.07, 6.45) is 5.66. The van der Waals surface area contributed by atoms with Gasteiger partial charge >= 0.3 is 0 Å². The Morgan fingerprint density at radius 1 is 1.24 bits per heavy atom. The monoisotopic (exact) mass is 329 g/mol. The van der Waals surface area contributed by atoms with Crippen molar-refractivity contribution in [2.75, 3.05) is 13.2 Å². The lowest BCUT2D eigenvalue weighted by Gasteiger charge is -2.35. The fourth-order valence-electron chi connectivity index (χ4n) is 2.88. The Hall–Kier alpha value is -0.770. The van der Waals surface area contributed by atoms with Crippen molar-refractivity contribution in [3.05, 3.63) is 33.8 Å². The van der Waals surface area contributed by atoms with E-state index in [1.807, 2.05) is 0 Å². The van der Waals surface area contributed by atoms with Crippen molar-refractivity contribution in [1.82, 2.24) is 5.32 Å². The summed E-state index contributed by atoms with van der Waals surface area (Å²) in [7, 11) is 0. The Balaban J connectivity index is 1.89. The highest BCUT2D eigenvalue weighted by molar-refractivity contribution is 6.35. The van der Waals surface area contributed by atoms with Crippen molar-refractivity contribution in [3.63, 3.8) is 0 Å². The summed E-state index contributed by atoms with van der Waals surface area (Å²) in [6, 6.07) is 5.14. The second-order valence-electron chi connectivity index (χ2n) is 5.91. The minimum atomic E-state index is -0.141. The van der Waals surface area contributed by atoms with E-state index < -0.39 is 0 Å². The predicted octanol–water partition coefficient (Wildman–Crippen LogP) is 3.59. The van der Waals surface area contributed by atoms with Crippen LogP contribution in [0.25, 0.3) is 0 Å². The van der Waals surface area contributed by atoms with Crippen LogP contribution in [0.15, 0.2) is 18.2 Å². The zero-order valence-electron chi connectivity index (χ0n) is 12.0. The molecule has 1 saturated carbocycles. The van der Waals surface area contributed by atoms with Crippen molar-refractivity contribution in [2.45, 2.75) is 38.5 Å². The van der Waals surface area contributed by atoms with Crippen LogP contribution in [0.2, 0.25) is 10.0 Å². The van der Waals surface area contributed by atoms with Crippen molar-refractivity contribution >= 4 is 29.1 Å². The molecule has 0 aliphatic heterocycles. The molecule has 0 aromatic heterocycles. The maximum atomic E-state index is 12.1. The number of hydrogen-bond donors (Lipinski definition) is 2. The predicted molar refractivity (Wildman–Crippen MR) is 85.8 cm³/mol. The summed E-state index contributed by atoms with van der Waals surface area (Å²) in [5.41, 5.74) is 0.623. The van der Waals surface area contributed by atoms with Crippen molar-refractivity contribution in [1.29, 1.82) is 0 Å². The van der Waals surface area contributed by atoms with Crippen LogP contribution in [0.4, 0.5) is 0 Å². The molecule has 0 spiro atoms. The van der Waals surface area contributed by atoms with Gasteiger partial charge in [-0.1, -0.05) is 48.5 Å². The minimum Gasteiger partial charge on any atom is -0.396 e. The minimum absolute atomic E-state index is 0.0716. The molecule has 3 nitrogen and oxygen atoms in total. The molecule has 5 heteroatoms. The molecule has 0 bridgehead atoms. The average molecular weight is 330 g/mol. The molecular formula is C16H21Cl2NO2. The third-order valence-corrected chi connectivity index (χ3v) is 4.86. The fourth-order valence-corrected chi connectivity index (χ4v) is 3.35. The summed E-state index contributed by atoms with van der Waals surface area (Å²) in [5.74, 6) is -0.0716. The van der Waals surface area contributed by atoms with Gasteiger partial charge in [0.1, 0.15) is 0 Å². The molecule has 21 heavy (non-hydrogen) atoms. The van der Waals surface area contributed by atoms with E-state index in [2.05, 4.69) is 5.32 Å². The average Bonchev–Trinajstić information content (AvgIpc) is 2.49. The molecule has 2 rings (SSSR count). The van der Waals surface area contributed by atoms with E-state index in [9.17, 15) is 9.90 Å². The summed E-state index contributed by atoms with van der Waals surface area (Å²) >= 11 is 11.9. The number of rotatable bonds is 5. The lowest BCUT2D eigenvalue weighted by molar-refractivity contribution is -0.121. The molecule has 0 radical (unpaired) electrons. The van der Waals surface area contributed by atoms with Crippen molar-refractivity contribution < 1.29 is 9.90 Å². The maximum Gasteiger partial charge on any atom is 0.224 e. The summed E-state index contributed by atoms with van der Waals surface area (Å²) in [6.45, 7) is 0.669. The number of hydrogen-bond acceptors (Lipinski definition) is 2. The number of nitrogens with one attached hydrogen (secondary N) is 1. The van der Waals surface area contributed by atoms with Crippen LogP contribution in [0, 0.1) is 5.41 Å². The zero-order chi connectivity index (χ0) is 15.3. The van der Waals surface area contributed by atoms with Gasteiger partial charge in [-0.25, -0.2) is 0 Å². The third-order valence-electron chi connectivity index (χ3n) is 4.28. The van der Waals surface area contributed by atoms with Gasteiger partial charge in [0, 0.05) is 22.0 Å². The van der Waals surface area contributed by atoms with Gasteiger partial charge in [0.05, 0.1) is 13.0 Å². The maximum absolute atomic E-state index is 12.1. The highest BCUT2D eigenvalue weighted by Gasteiger charge is 2.31. The van der Waals surface area contributed by atoms with Crippen LogP contribution in [0.3, 0.4) is 0 Å². The van der Waals surface area contributed by atoms with Crippen LogP contribution in [0.1, 0.15) is 37.7 Å². The number of aliphatic hydroxyl groups excluding tert-OH is 1. The van der Waals surface area contributed by atoms with Crippen LogP contribution in [-0.2, 0) is 11.2 Å². The summed E-state index contributed by atoms with van der Waals surface area (Å²) in [4.78, 5) is 12.1. The molecule has 0 heterocycles. The van der Waals surface area contributed by atoms with Crippen LogP contribution in [-0.4, -0.2) is 24.2 Å². The fraction of sp³-hybridized carbons (Fsp3) is 0.562. The van der Waals surface area contributed by atoms with Crippen LogP contribution >= 0.6 is 23.2 Å². The SMILES string of the molecule is O=C(Cc1ccc(Cl)cc1Cl)NCC1(CO)CCCCC1. The second kappa shape index (κ2) is 7.48. The Kier molecular flexibility index (Phi) is 5.91. The van der Waals surface area contributed by atoms with E-state index in [0.717, 1.165) is 31.2 Å². The topological polar surface area (TPSA) is 49.3 Å². The van der Waals surface area contributed by atoms with E-state index in [-0.39, 0.29) is 24.3 Å². The molecule has 1 amide bonds. The van der Waals surface area contributed by atoms with Crippen molar-refractivity contribution in [2.24, 2.45) is 5.41 Å². The number of carbonyl (C=O) groups is 1. The highest BCUT2D eigenvalue weighted by Crippen LogP contribution is 2.35. The number of carbonyl (C=O) groups excluding carboxylic acids is 1. The molecule has 1 aliphatic rings. The van der Waals surface area contributed by atoms with Gasteiger partial charge in [-0.05, 0) is 30.5 Å². The van der Waals surface area contributed by atoms with E-state index in [1.165, 1.54) is 6.42 Å². The van der Waals surface area contributed by atoms with E-state index >= 15 is 0 Å². The number of halogens is 2. The van der Waals surface area contributed by atoms with E-state index in [0.29, 0.717) is 16.6 Å². The number of benzene rings is 1. The van der Waals surface area contributed by atoms with Gasteiger partial charge in [-0.2, -0.15) is 0 Å². The molecule has 1 aromatic rings. The second-order valence-corrected chi connectivity index (χ2v) is 6.75. The largest absolute Gasteiger partial charge is 0.396 e. The lowest BCUT2D eigenvalue weighted by atomic mass is 9.74. The zero-order valence-corrected chi connectivity index (χ0v) is 13.5. The Morgan fingerprint density at radius 3 is 2.57 bits per heavy atom. The normalized spacial score (nSPS) is 17.5. The lowest BCUT2D eigenvalue weighted by Crippen LogP contribution is -2.41. The summed E-state index contributed by atoms with van der Waals surface area (Å²) in [5, 5.41) is 13.6. The van der Waals surface area contributed by atoms with Gasteiger partial charge in [-0.3, -0.25) is 4.79 Å². The Labute approximate surface area is 135 Å². The molecule has 0 saturated heterocycles. The first-order chi connectivity index (χ1) is 10.0. The summed E-state index contributed by atoms with van der Waals surface area (Å²) < 4.78 is 0. The van der Waals surface area contributed by atoms with Gasteiger partial charge in [0.25, 0.3) is 0 Å². The molecule has 2 N–H and O–H groups in total. The molecule has 1 aromatic carbocycles. The first-order valence-corrected chi connectivity index (χ1v) is 8.12. The first kappa shape index (κ1) is 16.6. The molecule has 1 aliphatic carbocycles. The van der Waals surface area contributed by atoms with Crippen LogP contribution < -0.4 is 5.32 Å².